The van der Waals surface area contributed by atoms with Crippen LogP contribution in [0.15, 0.2) is 103 Å². The molecule has 1 amide bonds. The van der Waals surface area contributed by atoms with Crippen molar-refractivity contribution in [3.8, 4) is 11.5 Å². The standard InChI is InChI=1S/C27H19ClN2O4/c28-21-14-15-26(34-23-12-5-2-6-13-23)25(18-21)29-27(31)24(20-9-3-1-4-10-20)17-19-8-7-11-22(16-19)30(32)33/h1-18H,(H,29,31)/b24-17+. The average molecular weight is 471 g/mol. The lowest BCUT2D eigenvalue weighted by Crippen LogP contribution is -2.14. The number of nitro benzene ring substituents is 1. The molecule has 0 unspecified atom stereocenters. The molecular weight excluding hydrogens is 452 g/mol. The van der Waals surface area contributed by atoms with E-state index < -0.39 is 10.8 Å². The number of hydrogen-bond acceptors (Lipinski definition) is 4. The Balaban J connectivity index is 1.70. The zero-order valence-corrected chi connectivity index (χ0v) is 18.6. The van der Waals surface area contributed by atoms with Crippen LogP contribution in [-0.2, 0) is 4.79 Å². The smallest absolute Gasteiger partial charge is 0.270 e. The summed E-state index contributed by atoms with van der Waals surface area (Å²) in [5.74, 6) is 0.611. The van der Waals surface area contributed by atoms with Crippen LogP contribution in [0, 0.1) is 10.1 Å². The van der Waals surface area contributed by atoms with Gasteiger partial charge in [-0.05, 0) is 47.5 Å². The summed E-state index contributed by atoms with van der Waals surface area (Å²) < 4.78 is 5.94. The van der Waals surface area contributed by atoms with E-state index in [2.05, 4.69) is 5.32 Å². The maximum atomic E-state index is 13.4. The van der Waals surface area contributed by atoms with Crippen LogP contribution in [0.4, 0.5) is 11.4 Å². The summed E-state index contributed by atoms with van der Waals surface area (Å²) in [6.07, 6.45) is 1.61. The van der Waals surface area contributed by atoms with E-state index in [1.54, 1.807) is 60.7 Å². The number of ether oxygens (including phenoxy) is 1. The van der Waals surface area contributed by atoms with E-state index in [1.165, 1.54) is 12.1 Å². The Morgan fingerprint density at radius 1 is 0.882 bits per heavy atom. The highest BCUT2D eigenvalue weighted by molar-refractivity contribution is 6.32. The van der Waals surface area contributed by atoms with Crippen LogP contribution in [0.3, 0.4) is 0 Å². The molecule has 168 valence electrons. The fourth-order valence-corrected chi connectivity index (χ4v) is 3.46. The highest BCUT2D eigenvalue weighted by Crippen LogP contribution is 2.33. The van der Waals surface area contributed by atoms with Crippen molar-refractivity contribution >= 4 is 40.5 Å². The fraction of sp³-hybridized carbons (Fsp3) is 0. The van der Waals surface area contributed by atoms with Crippen molar-refractivity contribution in [1.82, 2.24) is 0 Å². The van der Waals surface area contributed by atoms with E-state index in [1.807, 2.05) is 36.4 Å². The summed E-state index contributed by atoms with van der Waals surface area (Å²) in [6.45, 7) is 0. The van der Waals surface area contributed by atoms with Gasteiger partial charge >= 0.3 is 0 Å². The monoisotopic (exact) mass is 470 g/mol. The molecule has 0 saturated heterocycles. The molecule has 34 heavy (non-hydrogen) atoms. The van der Waals surface area contributed by atoms with Crippen LogP contribution in [0.25, 0.3) is 11.6 Å². The number of benzene rings is 4. The molecule has 4 aromatic rings. The Morgan fingerprint density at radius 2 is 1.59 bits per heavy atom. The van der Waals surface area contributed by atoms with Gasteiger partial charge in [0.05, 0.1) is 10.6 Å². The molecule has 0 atom stereocenters. The van der Waals surface area contributed by atoms with Gasteiger partial charge in [-0.2, -0.15) is 0 Å². The second-order valence-corrected chi connectivity index (χ2v) is 7.72. The number of halogens is 1. The molecule has 1 N–H and O–H groups in total. The highest BCUT2D eigenvalue weighted by atomic mass is 35.5. The molecule has 0 radical (unpaired) electrons. The predicted molar refractivity (Wildman–Crippen MR) is 134 cm³/mol. The molecule has 7 heteroatoms. The Hall–Kier alpha value is -4.42. The summed E-state index contributed by atoms with van der Waals surface area (Å²) in [5.41, 5.74) is 1.83. The number of non-ortho nitro benzene ring substituents is 1. The van der Waals surface area contributed by atoms with Gasteiger partial charge in [0, 0.05) is 22.7 Å². The minimum Gasteiger partial charge on any atom is -0.455 e. The first-order valence-electron chi connectivity index (χ1n) is 10.3. The van der Waals surface area contributed by atoms with E-state index in [-0.39, 0.29) is 5.69 Å². The Kier molecular flexibility index (Phi) is 7.01. The van der Waals surface area contributed by atoms with Gasteiger partial charge in [-0.1, -0.05) is 72.3 Å². The van der Waals surface area contributed by atoms with Gasteiger partial charge in [0.2, 0.25) is 0 Å². The van der Waals surface area contributed by atoms with Crippen molar-refractivity contribution < 1.29 is 14.5 Å². The lowest BCUT2D eigenvalue weighted by atomic mass is 10.0. The van der Waals surface area contributed by atoms with Crippen molar-refractivity contribution in [3.05, 3.63) is 129 Å². The molecule has 6 nitrogen and oxygen atoms in total. The van der Waals surface area contributed by atoms with Crippen LogP contribution in [0.5, 0.6) is 11.5 Å². The number of rotatable bonds is 7. The van der Waals surface area contributed by atoms with Gasteiger partial charge in [-0.3, -0.25) is 14.9 Å². The Bertz CT molecular complexity index is 1360. The summed E-state index contributed by atoms with van der Waals surface area (Å²) >= 11 is 6.19. The van der Waals surface area contributed by atoms with E-state index in [9.17, 15) is 14.9 Å². The number of nitrogens with one attached hydrogen (secondary N) is 1. The topological polar surface area (TPSA) is 81.5 Å². The van der Waals surface area contributed by atoms with E-state index in [0.29, 0.717) is 38.9 Å². The van der Waals surface area contributed by atoms with Crippen LogP contribution in [0.2, 0.25) is 5.02 Å². The minimum absolute atomic E-state index is 0.0602. The number of carbonyl (C=O) groups excluding carboxylic acids is 1. The maximum absolute atomic E-state index is 13.4. The summed E-state index contributed by atoms with van der Waals surface area (Å²) in [4.78, 5) is 24.1. The third kappa shape index (κ3) is 5.68. The zero-order valence-electron chi connectivity index (χ0n) is 17.9. The molecule has 0 spiro atoms. The normalized spacial score (nSPS) is 11.0. The predicted octanol–water partition coefficient (Wildman–Crippen LogP) is 7.22. The maximum Gasteiger partial charge on any atom is 0.270 e. The molecule has 4 rings (SSSR count). The molecule has 0 bridgehead atoms. The van der Waals surface area contributed by atoms with Crippen LogP contribution in [0.1, 0.15) is 11.1 Å². The zero-order chi connectivity index (χ0) is 23.9. The van der Waals surface area contributed by atoms with Gasteiger partial charge in [-0.15, -0.1) is 0 Å². The highest BCUT2D eigenvalue weighted by Gasteiger charge is 2.16. The van der Waals surface area contributed by atoms with E-state index in [0.717, 1.165) is 0 Å². The molecule has 0 aliphatic rings. The third-order valence-electron chi connectivity index (χ3n) is 4.88. The Labute approximate surface area is 201 Å². The van der Waals surface area contributed by atoms with Gasteiger partial charge in [0.15, 0.2) is 5.75 Å². The number of nitro groups is 1. The van der Waals surface area contributed by atoms with Crippen molar-refractivity contribution in [1.29, 1.82) is 0 Å². The number of amides is 1. The molecule has 4 aromatic carbocycles. The van der Waals surface area contributed by atoms with Crippen LogP contribution in [-0.4, -0.2) is 10.8 Å². The van der Waals surface area contributed by atoms with Crippen molar-refractivity contribution in [3.63, 3.8) is 0 Å². The third-order valence-corrected chi connectivity index (χ3v) is 5.12. The molecule has 0 fully saturated rings. The second kappa shape index (κ2) is 10.5. The van der Waals surface area contributed by atoms with Gasteiger partial charge < -0.3 is 10.1 Å². The second-order valence-electron chi connectivity index (χ2n) is 7.29. The average Bonchev–Trinajstić information content (AvgIpc) is 2.85. The van der Waals surface area contributed by atoms with E-state index in [4.69, 9.17) is 16.3 Å². The van der Waals surface area contributed by atoms with Crippen molar-refractivity contribution in [2.24, 2.45) is 0 Å². The van der Waals surface area contributed by atoms with Crippen LogP contribution < -0.4 is 10.1 Å². The molecule has 0 heterocycles. The molecule has 0 saturated carbocycles. The molecule has 0 aromatic heterocycles. The lowest BCUT2D eigenvalue weighted by molar-refractivity contribution is -0.384. The fourth-order valence-electron chi connectivity index (χ4n) is 3.29. The lowest BCUT2D eigenvalue weighted by Gasteiger charge is -2.14. The number of nitrogens with zero attached hydrogens (tertiary/aromatic N) is 1. The number of para-hydroxylation sites is 1. The Morgan fingerprint density at radius 3 is 2.29 bits per heavy atom. The minimum atomic E-state index is -0.473. The van der Waals surface area contributed by atoms with Gasteiger partial charge in [-0.25, -0.2) is 0 Å². The van der Waals surface area contributed by atoms with Gasteiger partial charge in [0.25, 0.3) is 11.6 Å². The quantitative estimate of drug-likeness (QED) is 0.134. The number of anilines is 1. The molecule has 0 aliphatic heterocycles. The van der Waals surface area contributed by atoms with Crippen LogP contribution >= 0.6 is 11.6 Å². The molecular formula is C27H19ClN2O4. The van der Waals surface area contributed by atoms with Crippen molar-refractivity contribution in [2.45, 2.75) is 0 Å². The number of carbonyl (C=O) groups is 1. The summed E-state index contributed by atoms with van der Waals surface area (Å²) in [7, 11) is 0. The SMILES string of the molecule is O=C(Nc1cc(Cl)ccc1Oc1ccccc1)/C(=C/c1cccc([N+](=O)[O-])c1)c1ccccc1. The first kappa shape index (κ1) is 22.8. The largest absolute Gasteiger partial charge is 0.455 e. The molecule has 0 aliphatic carbocycles. The van der Waals surface area contributed by atoms with Gasteiger partial charge in [0.1, 0.15) is 5.75 Å². The van der Waals surface area contributed by atoms with E-state index >= 15 is 0 Å². The summed E-state index contributed by atoms with van der Waals surface area (Å²) in [6, 6.07) is 29.3. The summed E-state index contributed by atoms with van der Waals surface area (Å²) in [5, 5.41) is 14.5. The number of hydrogen-bond donors (Lipinski definition) is 1. The van der Waals surface area contributed by atoms with Crippen molar-refractivity contribution in [2.75, 3.05) is 5.32 Å². The first-order chi connectivity index (χ1) is 16.5. The first-order valence-corrected chi connectivity index (χ1v) is 10.7.